The average Bonchev–Trinajstić information content (AvgIpc) is 3.12. The molecule has 0 amide bonds. The summed E-state index contributed by atoms with van der Waals surface area (Å²) in [5, 5.41) is 32.2. The Hall–Kier alpha value is -6.87. The zero-order valence-corrected chi connectivity index (χ0v) is 25.1. The van der Waals surface area contributed by atoms with Gasteiger partial charge in [-0.3, -0.25) is 0 Å². The molecule has 6 aromatic carbocycles. The Bertz CT molecular complexity index is 2090. The number of rotatable bonds is 8. The maximum Gasteiger partial charge on any atom is 0.343 e. The second-order valence-corrected chi connectivity index (χ2v) is 10.4. The molecule has 0 radical (unpaired) electrons. The van der Waals surface area contributed by atoms with Crippen LogP contribution in [0.1, 0.15) is 31.1 Å². The van der Waals surface area contributed by atoms with Crippen molar-refractivity contribution in [3.8, 4) is 56.8 Å². The smallest absolute Gasteiger partial charge is 0.343 e. The zero-order valence-electron chi connectivity index (χ0n) is 25.1. The van der Waals surface area contributed by atoms with Gasteiger partial charge in [0.2, 0.25) is 0 Å². The van der Waals surface area contributed by atoms with Crippen LogP contribution in [0.4, 0.5) is 0 Å². The molecule has 0 heterocycles. The highest BCUT2D eigenvalue weighted by molar-refractivity contribution is 6.02. The molecular weight excluding hydrogens is 612 g/mol. The molecular formula is C39H26O9. The first-order valence-corrected chi connectivity index (χ1v) is 14.6. The maximum absolute atomic E-state index is 13.7. The van der Waals surface area contributed by atoms with Crippen LogP contribution in [0.2, 0.25) is 0 Å². The number of phenols is 3. The van der Waals surface area contributed by atoms with Crippen LogP contribution in [0.5, 0.6) is 34.5 Å². The van der Waals surface area contributed by atoms with E-state index in [1.165, 1.54) is 84.9 Å². The van der Waals surface area contributed by atoms with Crippen molar-refractivity contribution < 1.29 is 43.9 Å². The van der Waals surface area contributed by atoms with E-state index in [0.29, 0.717) is 0 Å². The molecule has 0 saturated carbocycles. The zero-order chi connectivity index (χ0) is 33.6. The lowest BCUT2D eigenvalue weighted by atomic mass is 9.94. The van der Waals surface area contributed by atoms with Crippen LogP contribution in [0.25, 0.3) is 22.3 Å². The first kappa shape index (κ1) is 31.1. The lowest BCUT2D eigenvalue weighted by Gasteiger charge is -2.23. The van der Waals surface area contributed by atoms with E-state index in [1.807, 2.05) is 0 Å². The molecule has 0 unspecified atom stereocenters. The lowest BCUT2D eigenvalue weighted by Crippen LogP contribution is -2.16. The van der Waals surface area contributed by atoms with Crippen LogP contribution in [0.3, 0.4) is 0 Å². The van der Waals surface area contributed by atoms with Crippen LogP contribution in [0, 0.1) is 0 Å². The molecule has 3 N–H and O–H groups in total. The van der Waals surface area contributed by atoms with E-state index in [2.05, 4.69) is 0 Å². The van der Waals surface area contributed by atoms with Gasteiger partial charge >= 0.3 is 17.9 Å². The van der Waals surface area contributed by atoms with Gasteiger partial charge < -0.3 is 29.5 Å². The number of phenolic OH excluding ortho intramolecular Hbond substituents is 3. The number of hydrogen-bond donors (Lipinski definition) is 3. The molecule has 0 aromatic heterocycles. The van der Waals surface area contributed by atoms with Crippen LogP contribution in [-0.4, -0.2) is 33.2 Å². The second kappa shape index (κ2) is 13.6. The molecule has 0 spiro atoms. The first-order valence-electron chi connectivity index (χ1n) is 14.6. The fourth-order valence-corrected chi connectivity index (χ4v) is 4.93. The summed E-state index contributed by atoms with van der Waals surface area (Å²) < 4.78 is 17.9. The number of carbonyl (C=O) groups excluding carboxylic acids is 3. The van der Waals surface area contributed by atoms with Crippen molar-refractivity contribution in [3.63, 3.8) is 0 Å². The Morgan fingerprint density at radius 1 is 0.375 bits per heavy atom. The Balaban J connectivity index is 1.68. The summed E-state index contributed by atoms with van der Waals surface area (Å²) in [6.07, 6.45) is 0. The standard InChI is InChI=1S/C39H26O9/c40-29-20-16-24(17-21-29)31-33(42)34(46-37(43)26-10-4-1-5-11-26)32(25-18-22-30(41)23-19-25)36(48-39(45)28-14-8-3-9-15-28)35(31)47-38(44)27-12-6-2-7-13-27/h1-23,40-42H. The van der Waals surface area contributed by atoms with Crippen molar-refractivity contribution in [1.82, 2.24) is 0 Å². The highest BCUT2D eigenvalue weighted by Crippen LogP contribution is 2.57. The largest absolute Gasteiger partial charge is 0.508 e. The maximum atomic E-state index is 13.7. The molecule has 0 fully saturated rings. The lowest BCUT2D eigenvalue weighted by molar-refractivity contribution is 0.0680. The molecule has 6 rings (SSSR count). The van der Waals surface area contributed by atoms with Crippen molar-refractivity contribution >= 4 is 17.9 Å². The highest BCUT2D eigenvalue weighted by Gasteiger charge is 2.34. The Morgan fingerprint density at radius 3 is 1.06 bits per heavy atom. The Morgan fingerprint density at radius 2 is 0.688 bits per heavy atom. The highest BCUT2D eigenvalue weighted by atomic mass is 16.6. The van der Waals surface area contributed by atoms with Crippen LogP contribution in [-0.2, 0) is 0 Å². The summed E-state index contributed by atoms with van der Waals surface area (Å²) >= 11 is 0. The van der Waals surface area contributed by atoms with Crippen LogP contribution < -0.4 is 14.2 Å². The summed E-state index contributed by atoms with van der Waals surface area (Å²) in [4.78, 5) is 40.8. The van der Waals surface area contributed by atoms with E-state index in [-0.39, 0.29) is 61.9 Å². The number of aromatic hydroxyl groups is 3. The summed E-state index contributed by atoms with van der Waals surface area (Å²) in [6.45, 7) is 0. The minimum atomic E-state index is -0.852. The van der Waals surface area contributed by atoms with Crippen molar-refractivity contribution in [1.29, 1.82) is 0 Å². The molecule has 0 atom stereocenters. The predicted molar refractivity (Wildman–Crippen MR) is 177 cm³/mol. The van der Waals surface area contributed by atoms with E-state index in [1.54, 1.807) is 54.6 Å². The van der Waals surface area contributed by atoms with Gasteiger partial charge in [0.25, 0.3) is 0 Å². The number of carbonyl (C=O) groups is 3. The van der Waals surface area contributed by atoms with E-state index in [0.717, 1.165) is 0 Å². The summed E-state index contributed by atoms with van der Waals surface area (Å²) in [6, 6.07) is 35.3. The van der Waals surface area contributed by atoms with Gasteiger partial charge in [-0.05, 0) is 71.8 Å². The molecule has 0 aliphatic carbocycles. The molecule has 9 heteroatoms. The third-order valence-electron chi connectivity index (χ3n) is 7.26. The second-order valence-electron chi connectivity index (χ2n) is 10.4. The Kier molecular flexibility index (Phi) is 8.84. The Labute approximate surface area is 274 Å². The molecule has 0 aliphatic heterocycles. The molecule has 0 saturated heterocycles. The van der Waals surface area contributed by atoms with E-state index < -0.39 is 29.4 Å². The fourth-order valence-electron chi connectivity index (χ4n) is 4.93. The third kappa shape index (κ3) is 6.56. The first-order chi connectivity index (χ1) is 23.3. The van der Waals surface area contributed by atoms with Gasteiger partial charge in [-0.15, -0.1) is 0 Å². The van der Waals surface area contributed by atoms with Gasteiger partial charge in [0.15, 0.2) is 23.0 Å². The van der Waals surface area contributed by atoms with E-state index in [9.17, 15) is 29.7 Å². The summed E-state index contributed by atoms with van der Waals surface area (Å²) in [5.41, 5.74) is 0.600. The average molecular weight is 639 g/mol. The number of esters is 3. The van der Waals surface area contributed by atoms with Crippen molar-refractivity contribution in [2.24, 2.45) is 0 Å². The molecule has 0 bridgehead atoms. The topological polar surface area (TPSA) is 140 Å². The van der Waals surface area contributed by atoms with Gasteiger partial charge in [0.1, 0.15) is 11.5 Å². The number of ether oxygens (including phenoxy) is 3. The summed E-state index contributed by atoms with van der Waals surface area (Å²) in [7, 11) is 0. The quantitative estimate of drug-likeness (QED) is 0.113. The number of benzene rings is 6. The van der Waals surface area contributed by atoms with E-state index in [4.69, 9.17) is 14.2 Å². The normalized spacial score (nSPS) is 10.6. The fraction of sp³-hybridized carbons (Fsp3) is 0. The monoisotopic (exact) mass is 638 g/mol. The molecule has 0 aliphatic rings. The van der Waals surface area contributed by atoms with Gasteiger partial charge in [-0.25, -0.2) is 14.4 Å². The molecule has 9 nitrogen and oxygen atoms in total. The third-order valence-corrected chi connectivity index (χ3v) is 7.26. The summed E-state index contributed by atoms with van der Waals surface area (Å²) in [5.74, 6) is -4.53. The van der Waals surface area contributed by atoms with Crippen LogP contribution >= 0.6 is 0 Å². The number of hydrogen-bond acceptors (Lipinski definition) is 9. The van der Waals surface area contributed by atoms with Crippen molar-refractivity contribution in [2.75, 3.05) is 0 Å². The van der Waals surface area contributed by atoms with E-state index >= 15 is 0 Å². The minimum absolute atomic E-state index is 0.0896. The van der Waals surface area contributed by atoms with Crippen molar-refractivity contribution in [2.45, 2.75) is 0 Å². The molecule has 6 aromatic rings. The molecule has 236 valence electrons. The molecule has 48 heavy (non-hydrogen) atoms. The van der Waals surface area contributed by atoms with Crippen LogP contribution in [0.15, 0.2) is 140 Å². The SMILES string of the molecule is O=C(Oc1c(OC(=O)c2ccccc2)c(-c2ccc(O)cc2)c(OC(=O)c2ccccc2)c(O)c1-c1ccc(O)cc1)c1ccccc1. The van der Waals surface area contributed by atoms with Gasteiger partial charge in [-0.2, -0.15) is 0 Å². The van der Waals surface area contributed by atoms with Crippen molar-refractivity contribution in [3.05, 3.63) is 156 Å². The van der Waals surface area contributed by atoms with Gasteiger partial charge in [0, 0.05) is 0 Å². The van der Waals surface area contributed by atoms with Gasteiger partial charge in [-0.1, -0.05) is 78.9 Å². The van der Waals surface area contributed by atoms with Gasteiger partial charge in [0.05, 0.1) is 27.8 Å². The minimum Gasteiger partial charge on any atom is -0.508 e. The predicted octanol–water partition coefficient (Wildman–Crippen LogP) is 7.80.